The van der Waals surface area contributed by atoms with E-state index in [1.165, 1.54) is 63.1 Å². The van der Waals surface area contributed by atoms with E-state index in [2.05, 4.69) is 79.0 Å². The highest BCUT2D eigenvalue weighted by Crippen LogP contribution is 2.47. The van der Waals surface area contributed by atoms with Gasteiger partial charge in [-0.1, -0.05) is 59.6 Å². The highest BCUT2D eigenvalue weighted by molar-refractivity contribution is 6.31. The van der Waals surface area contributed by atoms with Gasteiger partial charge in [0.05, 0.1) is 24.0 Å². The molecule has 10 nitrogen and oxygen atoms in total. The molecule has 2 unspecified atom stereocenters. The van der Waals surface area contributed by atoms with Gasteiger partial charge in [0, 0.05) is 85.2 Å². The number of aryl methyl sites for hydroxylation is 2. The number of allylic oxidation sites excluding steroid dienone is 2. The minimum atomic E-state index is -0.490. The van der Waals surface area contributed by atoms with E-state index in [4.69, 9.17) is 37.9 Å². The number of halogens is 2. The molecule has 2 saturated heterocycles. The maximum absolute atomic E-state index is 12.7. The minimum Gasteiger partial charge on any atom is -0.444 e. The molecule has 4 aliphatic rings. The average molecular weight is 938 g/mol. The van der Waals surface area contributed by atoms with Crippen LogP contribution in [-0.4, -0.2) is 71.8 Å². The number of nitrogens with zero attached hydrogens (tertiary/aromatic N) is 7. The van der Waals surface area contributed by atoms with Crippen LogP contribution in [0.4, 0.5) is 4.79 Å². The first-order valence-electron chi connectivity index (χ1n) is 24.1. The molecule has 0 bridgehead atoms. The van der Waals surface area contributed by atoms with E-state index in [1.54, 1.807) is 0 Å². The number of fused-ring (bicyclic) bond motifs is 4. The Morgan fingerprint density at radius 2 is 1.18 bits per heavy atom. The number of carbonyl (C=O) groups is 1. The lowest BCUT2D eigenvalue weighted by molar-refractivity contribution is 0.0178. The second kappa shape index (κ2) is 21.2. The highest BCUT2D eigenvalue weighted by Gasteiger charge is 2.37. The van der Waals surface area contributed by atoms with Gasteiger partial charge in [0.15, 0.2) is 0 Å². The molecule has 67 heavy (non-hydrogen) atoms. The van der Waals surface area contributed by atoms with Crippen LogP contribution < -0.4 is 5.32 Å². The van der Waals surface area contributed by atoms with Gasteiger partial charge in [0.25, 0.3) is 0 Å². The molecule has 0 radical (unpaired) electrons. The monoisotopic (exact) mass is 936 g/mol. The topological polar surface area (TPSA) is 103 Å². The molecular weight excluding hydrogens is 876 g/mol. The molecule has 10 rings (SSSR count). The van der Waals surface area contributed by atoms with Crippen molar-refractivity contribution < 1.29 is 9.53 Å². The van der Waals surface area contributed by atoms with Crippen LogP contribution in [0.5, 0.6) is 0 Å². The number of rotatable bonds is 10. The molecule has 0 saturated carbocycles. The number of carbonyl (C=O) groups excluding carboxylic acids is 1. The molecular formula is C55H62Cl2N8O2. The van der Waals surface area contributed by atoms with E-state index >= 15 is 0 Å². The van der Waals surface area contributed by atoms with Crippen LogP contribution in [0, 0.1) is 11.8 Å². The van der Waals surface area contributed by atoms with Gasteiger partial charge >= 0.3 is 6.09 Å². The first-order valence-corrected chi connectivity index (χ1v) is 24.8. The summed E-state index contributed by atoms with van der Waals surface area (Å²) in [6, 6.07) is 21.2. The fourth-order valence-electron chi connectivity index (χ4n) is 10.6. The third-order valence-electron chi connectivity index (χ3n) is 13.7. The maximum atomic E-state index is 12.7. The molecule has 348 valence electrons. The largest absolute Gasteiger partial charge is 0.444 e. The third-order valence-corrected chi connectivity index (χ3v) is 14.2. The lowest BCUT2D eigenvalue weighted by Crippen LogP contribution is -2.42. The smallest absolute Gasteiger partial charge is 0.410 e. The molecule has 2 atom stereocenters. The van der Waals surface area contributed by atoms with Gasteiger partial charge in [-0.25, -0.2) is 14.8 Å². The zero-order valence-electron chi connectivity index (χ0n) is 39.0. The molecule has 1 amide bonds. The fraction of sp³-hybridized carbons (Fsp3) is 0.400. The van der Waals surface area contributed by atoms with Crippen LogP contribution in [0.1, 0.15) is 129 Å². The van der Waals surface area contributed by atoms with Crippen molar-refractivity contribution in [2.24, 2.45) is 11.8 Å². The van der Waals surface area contributed by atoms with Crippen LogP contribution in [0.25, 0.3) is 23.3 Å². The number of hydrogen-bond acceptors (Lipinski definition) is 7. The number of piperidine rings is 2. The van der Waals surface area contributed by atoms with E-state index in [9.17, 15) is 4.79 Å². The number of ether oxygens (including phenoxy) is 1. The zero-order valence-corrected chi connectivity index (χ0v) is 40.5. The molecule has 2 aliphatic carbocycles. The number of imidazole rings is 2. The summed E-state index contributed by atoms with van der Waals surface area (Å²) in [7, 11) is 0. The number of likely N-dealkylation sites (tertiary alicyclic amines) is 1. The molecule has 6 heterocycles. The predicted octanol–water partition coefficient (Wildman–Crippen LogP) is 12.4. The van der Waals surface area contributed by atoms with E-state index in [-0.39, 0.29) is 12.0 Å². The van der Waals surface area contributed by atoms with Gasteiger partial charge in [-0.15, -0.1) is 0 Å². The number of nitrogens with one attached hydrogen (secondary N) is 1. The van der Waals surface area contributed by atoms with Crippen molar-refractivity contribution in [3.63, 3.8) is 0 Å². The van der Waals surface area contributed by atoms with E-state index in [0.29, 0.717) is 30.8 Å². The first kappa shape index (κ1) is 46.6. The summed E-state index contributed by atoms with van der Waals surface area (Å²) < 4.78 is 9.89. The Bertz CT molecular complexity index is 2670. The summed E-state index contributed by atoms with van der Waals surface area (Å²) >= 11 is 12.9. The third kappa shape index (κ3) is 11.3. The van der Waals surface area contributed by atoms with Crippen LogP contribution >= 0.6 is 23.2 Å². The summed E-state index contributed by atoms with van der Waals surface area (Å²) in [5.74, 6) is 1.43. The van der Waals surface area contributed by atoms with Crippen LogP contribution in [0.2, 0.25) is 10.0 Å². The van der Waals surface area contributed by atoms with Crippen molar-refractivity contribution in [2.75, 3.05) is 26.2 Å². The SMILES string of the molecule is CC(C)(C)OC(=O)N1CCC(C2c3ccc(Cl)cc3C=C(CCCn3ccnc3)c3cccnc32)CC1.Clc1ccc2c(c1)C=C(CCCn1ccnc1)c1cccnc1C2C1CCNCC1. The van der Waals surface area contributed by atoms with Gasteiger partial charge in [0.2, 0.25) is 0 Å². The highest BCUT2D eigenvalue weighted by atomic mass is 35.5. The molecule has 0 spiro atoms. The molecule has 12 heteroatoms. The molecule has 2 aromatic carbocycles. The van der Waals surface area contributed by atoms with E-state index in [0.717, 1.165) is 80.4 Å². The number of hydrogen-bond donors (Lipinski definition) is 1. The number of aromatic nitrogens is 6. The van der Waals surface area contributed by atoms with Crippen molar-refractivity contribution >= 4 is 52.6 Å². The number of pyridine rings is 2. The summed E-state index contributed by atoms with van der Waals surface area (Å²) in [6.07, 6.45) is 27.9. The van der Waals surface area contributed by atoms with Crippen LogP contribution in [0.15, 0.2) is 110 Å². The van der Waals surface area contributed by atoms with Crippen molar-refractivity contribution in [3.05, 3.63) is 165 Å². The van der Waals surface area contributed by atoms with Gasteiger partial charge < -0.3 is 24.1 Å². The Kier molecular flexibility index (Phi) is 14.7. The van der Waals surface area contributed by atoms with Crippen LogP contribution in [0.3, 0.4) is 0 Å². The molecule has 1 N–H and O–H groups in total. The standard InChI is InChI=1S/C30H35ClN4O2.C25H27ClN4/c1-30(2,3)37-29(36)35-15-10-21(11-16-35)27-25-9-8-24(31)19-23(25)18-22(26-7-4-12-33-28(26)27)6-5-14-34-17-13-32-20-34;26-21-5-6-22-20(16-21)15-19(3-2-13-30-14-12-28-17-30)23-4-1-9-29-25(23)24(22)18-7-10-27-11-8-18/h4,7-9,12-13,17-21,27H,5-6,10-11,14-16H2,1-3H3;1,4-6,9,12,14-18,24,27H,2-3,7-8,10-11,13H2. The van der Waals surface area contributed by atoms with Crippen molar-refractivity contribution in [2.45, 2.75) is 103 Å². The number of benzene rings is 2. The van der Waals surface area contributed by atoms with Crippen molar-refractivity contribution in [1.82, 2.24) is 39.3 Å². The summed E-state index contributed by atoms with van der Waals surface area (Å²) in [5.41, 5.74) is 12.1. The first-order chi connectivity index (χ1) is 32.6. The average Bonchev–Trinajstić information content (AvgIpc) is 4.01. The second-order valence-electron chi connectivity index (χ2n) is 19.4. The molecule has 4 aromatic heterocycles. The van der Waals surface area contributed by atoms with Gasteiger partial charge in [0.1, 0.15) is 5.60 Å². The minimum absolute atomic E-state index is 0.145. The second-order valence-corrected chi connectivity index (χ2v) is 20.3. The van der Waals surface area contributed by atoms with E-state index in [1.807, 2.05) is 93.7 Å². The summed E-state index contributed by atoms with van der Waals surface area (Å²) in [6.45, 7) is 11.2. The quantitative estimate of drug-likeness (QED) is 0.146. The summed E-state index contributed by atoms with van der Waals surface area (Å²) in [5, 5.41) is 5.05. The molecule has 2 aliphatic heterocycles. The van der Waals surface area contributed by atoms with Gasteiger partial charge in [-0.3, -0.25) is 9.97 Å². The van der Waals surface area contributed by atoms with Gasteiger partial charge in [-0.2, -0.15) is 0 Å². The van der Waals surface area contributed by atoms with Crippen molar-refractivity contribution in [3.8, 4) is 0 Å². The Morgan fingerprint density at radius 1 is 0.687 bits per heavy atom. The fourth-order valence-corrected chi connectivity index (χ4v) is 11.0. The number of amides is 1. The summed E-state index contributed by atoms with van der Waals surface area (Å²) in [4.78, 5) is 32.8. The maximum Gasteiger partial charge on any atom is 0.410 e. The molecule has 6 aromatic rings. The Morgan fingerprint density at radius 3 is 1.64 bits per heavy atom. The normalized spacial score (nSPS) is 18.4. The van der Waals surface area contributed by atoms with Gasteiger partial charge in [-0.05, 0) is 178 Å². The Balaban J connectivity index is 0.000000171. The molecule has 2 fully saturated rings. The predicted molar refractivity (Wildman–Crippen MR) is 270 cm³/mol. The lowest BCUT2D eigenvalue weighted by atomic mass is 9.76. The van der Waals surface area contributed by atoms with Crippen LogP contribution in [-0.2, 0) is 17.8 Å². The Labute approximate surface area is 405 Å². The zero-order chi connectivity index (χ0) is 46.3. The lowest BCUT2D eigenvalue weighted by Gasteiger charge is -2.37. The Hall–Kier alpha value is -5.55. The van der Waals surface area contributed by atoms with E-state index < -0.39 is 5.60 Å². The van der Waals surface area contributed by atoms with Crippen molar-refractivity contribution in [1.29, 1.82) is 0 Å².